The summed E-state index contributed by atoms with van der Waals surface area (Å²) in [6.45, 7) is 2.24. The minimum atomic E-state index is -0.0467. The largest absolute Gasteiger partial charge is 0.338 e. The predicted octanol–water partition coefficient (Wildman–Crippen LogP) is 3.72. The second-order valence-corrected chi connectivity index (χ2v) is 6.84. The molecule has 3 rings (SSSR count). The number of hydrogen-bond donors (Lipinski definition) is 0. The molecular weight excluding hydrogens is 377 g/mol. The number of rotatable bonds is 3. The normalized spacial score (nSPS) is 15.1. The third-order valence-electron chi connectivity index (χ3n) is 3.45. The van der Waals surface area contributed by atoms with E-state index in [0.29, 0.717) is 21.5 Å². The van der Waals surface area contributed by atoms with Crippen molar-refractivity contribution >= 4 is 45.0 Å². The number of carbonyl (C=O) groups excluding carboxylic acids is 1. The van der Waals surface area contributed by atoms with Crippen LogP contribution >= 0.6 is 39.1 Å². The van der Waals surface area contributed by atoms with Crippen molar-refractivity contribution in [2.45, 2.75) is 6.54 Å². The van der Waals surface area contributed by atoms with Crippen LogP contribution < -0.4 is 0 Å². The van der Waals surface area contributed by atoms with Gasteiger partial charge in [-0.15, -0.1) is 0 Å². The molecule has 2 aromatic rings. The molecule has 1 aliphatic heterocycles. The number of amides is 1. The smallest absolute Gasteiger partial charge is 0.255 e. The van der Waals surface area contributed by atoms with Gasteiger partial charge in [0.15, 0.2) is 0 Å². The minimum Gasteiger partial charge on any atom is -0.338 e. The summed E-state index contributed by atoms with van der Waals surface area (Å²) in [6.07, 6.45) is 3.69. The van der Waals surface area contributed by atoms with E-state index in [-0.39, 0.29) is 5.91 Å². The number of carbonyl (C=O) groups is 1. The molecular formula is C14H12BrCl2N3O. The SMILES string of the molecule is O=C(c1ccc(Cl)cc1Cl)N1CC(Cn2cc(Br)cn2)C1. The van der Waals surface area contributed by atoms with Gasteiger partial charge in [-0.3, -0.25) is 9.48 Å². The average molecular weight is 389 g/mol. The van der Waals surface area contributed by atoms with Gasteiger partial charge >= 0.3 is 0 Å². The molecule has 7 heteroatoms. The van der Waals surface area contributed by atoms with Gasteiger partial charge in [-0.05, 0) is 34.1 Å². The van der Waals surface area contributed by atoms with Crippen LogP contribution in [-0.4, -0.2) is 33.7 Å². The fourth-order valence-corrected chi connectivity index (χ4v) is 3.20. The highest BCUT2D eigenvalue weighted by Gasteiger charge is 2.32. The topological polar surface area (TPSA) is 38.1 Å². The van der Waals surface area contributed by atoms with Crippen LogP contribution in [0.2, 0.25) is 10.0 Å². The maximum absolute atomic E-state index is 12.3. The molecule has 0 unspecified atom stereocenters. The van der Waals surface area contributed by atoms with Crippen molar-refractivity contribution in [3.8, 4) is 0 Å². The molecule has 0 aliphatic carbocycles. The minimum absolute atomic E-state index is 0.0467. The first-order valence-corrected chi connectivity index (χ1v) is 8.00. The molecule has 0 atom stereocenters. The highest BCUT2D eigenvalue weighted by atomic mass is 79.9. The fraction of sp³-hybridized carbons (Fsp3) is 0.286. The summed E-state index contributed by atoms with van der Waals surface area (Å²) in [6, 6.07) is 4.94. The average Bonchev–Trinajstić information content (AvgIpc) is 2.78. The van der Waals surface area contributed by atoms with E-state index in [2.05, 4.69) is 21.0 Å². The van der Waals surface area contributed by atoms with Crippen molar-refractivity contribution in [3.63, 3.8) is 0 Å². The summed E-state index contributed by atoms with van der Waals surface area (Å²) < 4.78 is 2.84. The van der Waals surface area contributed by atoms with Crippen LogP contribution in [0.5, 0.6) is 0 Å². The van der Waals surface area contributed by atoms with Gasteiger partial charge in [-0.25, -0.2) is 0 Å². The van der Waals surface area contributed by atoms with E-state index < -0.39 is 0 Å². The highest BCUT2D eigenvalue weighted by molar-refractivity contribution is 9.10. The molecule has 0 spiro atoms. The molecule has 1 amide bonds. The zero-order chi connectivity index (χ0) is 15.0. The van der Waals surface area contributed by atoms with E-state index in [1.54, 1.807) is 29.3 Å². The Morgan fingerprint density at radius 1 is 1.38 bits per heavy atom. The first-order valence-electron chi connectivity index (χ1n) is 6.45. The number of nitrogens with zero attached hydrogens (tertiary/aromatic N) is 3. The standard InChI is InChI=1S/C14H12BrCl2N3O/c15-10-4-18-20(8-10)7-9-5-19(6-9)14(21)12-2-1-11(16)3-13(12)17/h1-4,8-9H,5-7H2. The molecule has 2 heterocycles. The Bertz CT molecular complexity index is 683. The van der Waals surface area contributed by atoms with Crippen LogP contribution in [0.4, 0.5) is 0 Å². The summed E-state index contributed by atoms with van der Waals surface area (Å²) in [4.78, 5) is 14.1. The van der Waals surface area contributed by atoms with Crippen LogP contribution in [0.3, 0.4) is 0 Å². The van der Waals surface area contributed by atoms with Crippen molar-refractivity contribution in [1.29, 1.82) is 0 Å². The van der Waals surface area contributed by atoms with Gasteiger partial charge in [-0.2, -0.15) is 5.10 Å². The Hall–Kier alpha value is -1.04. The van der Waals surface area contributed by atoms with Crippen LogP contribution in [-0.2, 0) is 6.54 Å². The van der Waals surface area contributed by atoms with Crippen molar-refractivity contribution < 1.29 is 4.79 Å². The summed E-state index contributed by atoms with van der Waals surface area (Å²) in [5.74, 6) is 0.376. The van der Waals surface area contributed by atoms with E-state index in [1.807, 2.05) is 10.9 Å². The van der Waals surface area contributed by atoms with Crippen LogP contribution in [0, 0.1) is 5.92 Å². The monoisotopic (exact) mass is 387 g/mol. The van der Waals surface area contributed by atoms with Crippen molar-refractivity contribution in [2.24, 2.45) is 5.92 Å². The second-order valence-electron chi connectivity index (χ2n) is 5.08. The van der Waals surface area contributed by atoms with Crippen molar-refractivity contribution in [3.05, 3.63) is 50.7 Å². The van der Waals surface area contributed by atoms with Gasteiger partial charge in [0.05, 0.1) is 21.3 Å². The lowest BCUT2D eigenvalue weighted by molar-refractivity contribution is 0.0461. The number of benzene rings is 1. The Kier molecular flexibility index (Phi) is 4.24. The van der Waals surface area contributed by atoms with E-state index >= 15 is 0 Å². The molecule has 0 radical (unpaired) electrons. The predicted molar refractivity (Wildman–Crippen MR) is 85.8 cm³/mol. The second kappa shape index (κ2) is 5.99. The Morgan fingerprint density at radius 2 is 2.14 bits per heavy atom. The number of aromatic nitrogens is 2. The highest BCUT2D eigenvalue weighted by Crippen LogP contribution is 2.26. The molecule has 0 N–H and O–H groups in total. The molecule has 1 saturated heterocycles. The van der Waals surface area contributed by atoms with E-state index in [0.717, 1.165) is 24.1 Å². The first kappa shape index (κ1) is 14.9. The molecule has 110 valence electrons. The lowest BCUT2D eigenvalue weighted by Gasteiger charge is -2.39. The number of halogens is 3. The lowest BCUT2D eigenvalue weighted by Crippen LogP contribution is -2.51. The zero-order valence-electron chi connectivity index (χ0n) is 11.0. The zero-order valence-corrected chi connectivity index (χ0v) is 14.1. The van der Waals surface area contributed by atoms with Crippen molar-refractivity contribution in [2.75, 3.05) is 13.1 Å². The molecule has 1 aromatic carbocycles. The molecule has 1 fully saturated rings. The summed E-state index contributed by atoms with van der Waals surface area (Å²) in [5, 5.41) is 5.15. The summed E-state index contributed by atoms with van der Waals surface area (Å²) in [7, 11) is 0. The van der Waals surface area contributed by atoms with Crippen LogP contribution in [0.15, 0.2) is 35.1 Å². The summed E-state index contributed by atoms with van der Waals surface area (Å²) >= 11 is 15.3. The van der Waals surface area contributed by atoms with Gasteiger partial charge in [0, 0.05) is 36.8 Å². The van der Waals surface area contributed by atoms with Crippen molar-refractivity contribution in [1.82, 2.24) is 14.7 Å². The number of hydrogen-bond acceptors (Lipinski definition) is 2. The fourth-order valence-electron chi connectivity index (χ4n) is 2.39. The Labute approximate surface area is 140 Å². The van der Waals surface area contributed by atoms with Crippen LogP contribution in [0.1, 0.15) is 10.4 Å². The molecule has 0 bridgehead atoms. The number of likely N-dealkylation sites (tertiary alicyclic amines) is 1. The van der Waals surface area contributed by atoms with E-state index in [9.17, 15) is 4.79 Å². The third kappa shape index (κ3) is 3.25. The Morgan fingerprint density at radius 3 is 2.76 bits per heavy atom. The quantitative estimate of drug-likeness (QED) is 0.803. The first-order chi connectivity index (χ1) is 10.0. The molecule has 4 nitrogen and oxygen atoms in total. The maximum atomic E-state index is 12.3. The molecule has 21 heavy (non-hydrogen) atoms. The summed E-state index contributed by atoms with van der Waals surface area (Å²) in [5.41, 5.74) is 0.501. The van der Waals surface area contributed by atoms with Gasteiger partial charge in [0.2, 0.25) is 0 Å². The van der Waals surface area contributed by atoms with Gasteiger partial charge in [0.25, 0.3) is 5.91 Å². The van der Waals surface area contributed by atoms with E-state index in [4.69, 9.17) is 23.2 Å². The lowest BCUT2D eigenvalue weighted by atomic mass is 9.99. The van der Waals surface area contributed by atoms with Gasteiger partial charge in [0.1, 0.15) is 0 Å². The maximum Gasteiger partial charge on any atom is 0.255 e. The molecule has 1 aromatic heterocycles. The van der Waals surface area contributed by atoms with Gasteiger partial charge < -0.3 is 4.90 Å². The van der Waals surface area contributed by atoms with Crippen LogP contribution in [0.25, 0.3) is 0 Å². The van der Waals surface area contributed by atoms with Gasteiger partial charge in [-0.1, -0.05) is 23.2 Å². The molecule has 0 saturated carbocycles. The Balaban J connectivity index is 1.59. The third-order valence-corrected chi connectivity index (χ3v) is 4.41. The molecule has 1 aliphatic rings. The van der Waals surface area contributed by atoms with E-state index in [1.165, 1.54) is 0 Å².